The molecule has 2 rings (SSSR count). The standard InChI is InChI=1S/C12H13NO4S3/c1-13(8-9-4-3-6-18-9)20(15,16)10-5-7-19-11(10)12(14)17-2/h3-7H,8H2,1-2H3. The van der Waals surface area contributed by atoms with Crippen LogP contribution in [0.25, 0.3) is 0 Å². The molecular formula is C12H13NO4S3. The minimum Gasteiger partial charge on any atom is -0.465 e. The van der Waals surface area contributed by atoms with Gasteiger partial charge in [0.25, 0.3) is 0 Å². The summed E-state index contributed by atoms with van der Waals surface area (Å²) < 4.78 is 30.8. The Morgan fingerprint density at radius 3 is 2.65 bits per heavy atom. The molecule has 20 heavy (non-hydrogen) atoms. The Morgan fingerprint density at radius 1 is 1.30 bits per heavy atom. The average Bonchev–Trinajstić information content (AvgIpc) is 3.08. The van der Waals surface area contributed by atoms with Crippen LogP contribution in [0.1, 0.15) is 14.5 Å². The molecule has 0 aliphatic rings. The topological polar surface area (TPSA) is 63.7 Å². The molecule has 0 unspecified atom stereocenters. The van der Waals surface area contributed by atoms with Crippen LogP contribution < -0.4 is 0 Å². The molecule has 0 amide bonds. The normalized spacial score (nSPS) is 11.8. The predicted molar refractivity (Wildman–Crippen MR) is 78.6 cm³/mol. The quantitative estimate of drug-likeness (QED) is 0.789. The second-order valence-corrected chi connectivity index (χ2v) is 7.91. The number of ether oxygens (including phenoxy) is 1. The molecule has 0 spiro atoms. The van der Waals surface area contributed by atoms with Crippen molar-refractivity contribution in [2.45, 2.75) is 11.4 Å². The molecule has 8 heteroatoms. The Labute approximate surface area is 125 Å². The summed E-state index contributed by atoms with van der Waals surface area (Å²) in [7, 11) is -0.984. The van der Waals surface area contributed by atoms with Gasteiger partial charge in [-0.05, 0) is 22.9 Å². The Kier molecular flexibility index (Phi) is 4.59. The van der Waals surface area contributed by atoms with Crippen LogP contribution in [0, 0.1) is 0 Å². The fraction of sp³-hybridized carbons (Fsp3) is 0.250. The molecular weight excluding hydrogens is 318 g/mol. The number of thiophene rings is 2. The van der Waals surface area contributed by atoms with E-state index in [1.54, 1.807) is 5.38 Å². The third kappa shape index (κ3) is 2.93. The van der Waals surface area contributed by atoms with Gasteiger partial charge in [0.15, 0.2) is 0 Å². The van der Waals surface area contributed by atoms with Crippen molar-refractivity contribution in [3.8, 4) is 0 Å². The molecule has 2 aromatic rings. The van der Waals surface area contributed by atoms with E-state index in [4.69, 9.17) is 0 Å². The second kappa shape index (κ2) is 6.04. The average molecular weight is 331 g/mol. The fourth-order valence-electron chi connectivity index (χ4n) is 1.62. The van der Waals surface area contributed by atoms with Gasteiger partial charge in [-0.3, -0.25) is 0 Å². The number of rotatable bonds is 5. The number of carbonyl (C=O) groups excluding carboxylic acids is 1. The summed E-state index contributed by atoms with van der Waals surface area (Å²) in [6, 6.07) is 5.16. The van der Waals surface area contributed by atoms with Crippen molar-refractivity contribution >= 4 is 38.7 Å². The summed E-state index contributed by atoms with van der Waals surface area (Å²) in [5.74, 6) is -0.636. The molecule has 0 bridgehead atoms. The smallest absolute Gasteiger partial charge is 0.349 e. The van der Waals surface area contributed by atoms with E-state index < -0.39 is 16.0 Å². The molecule has 5 nitrogen and oxygen atoms in total. The lowest BCUT2D eigenvalue weighted by Crippen LogP contribution is -2.27. The van der Waals surface area contributed by atoms with Gasteiger partial charge in [0, 0.05) is 18.5 Å². The fourth-order valence-corrected chi connectivity index (χ4v) is 4.91. The Hall–Kier alpha value is -1.22. The van der Waals surface area contributed by atoms with E-state index in [1.807, 2.05) is 17.5 Å². The summed E-state index contributed by atoms with van der Waals surface area (Å²) in [5.41, 5.74) is 0. The van der Waals surface area contributed by atoms with E-state index in [0.717, 1.165) is 16.2 Å². The highest BCUT2D eigenvalue weighted by Crippen LogP contribution is 2.26. The maximum atomic E-state index is 12.5. The minimum absolute atomic E-state index is 0.00611. The molecule has 108 valence electrons. The van der Waals surface area contributed by atoms with Gasteiger partial charge >= 0.3 is 5.97 Å². The third-order valence-corrected chi connectivity index (χ3v) is 6.38. The summed E-state index contributed by atoms with van der Waals surface area (Å²) >= 11 is 2.54. The maximum Gasteiger partial charge on any atom is 0.349 e. The first-order chi connectivity index (χ1) is 9.46. The summed E-state index contributed by atoms with van der Waals surface area (Å²) in [5, 5.41) is 3.46. The highest BCUT2D eigenvalue weighted by Gasteiger charge is 2.28. The van der Waals surface area contributed by atoms with Gasteiger partial charge in [-0.15, -0.1) is 22.7 Å². The van der Waals surface area contributed by atoms with Crippen molar-refractivity contribution in [3.05, 3.63) is 38.7 Å². The van der Waals surface area contributed by atoms with Crippen LogP contribution in [-0.4, -0.2) is 32.8 Å². The Balaban J connectivity index is 2.30. The minimum atomic E-state index is -3.71. The second-order valence-electron chi connectivity index (χ2n) is 3.95. The molecule has 0 radical (unpaired) electrons. The van der Waals surface area contributed by atoms with E-state index in [9.17, 15) is 13.2 Å². The molecule has 2 aromatic heterocycles. The monoisotopic (exact) mass is 331 g/mol. The molecule has 0 aliphatic heterocycles. The number of hydrogen-bond acceptors (Lipinski definition) is 6. The van der Waals surface area contributed by atoms with Crippen molar-refractivity contribution in [2.24, 2.45) is 0 Å². The highest BCUT2D eigenvalue weighted by atomic mass is 32.2. The van der Waals surface area contributed by atoms with Crippen LogP contribution in [0.2, 0.25) is 0 Å². The molecule has 0 fully saturated rings. The van der Waals surface area contributed by atoms with Gasteiger partial charge in [-0.2, -0.15) is 4.31 Å². The van der Waals surface area contributed by atoms with E-state index in [-0.39, 0.29) is 16.3 Å². The van der Waals surface area contributed by atoms with Crippen LogP contribution in [0.3, 0.4) is 0 Å². The zero-order chi connectivity index (χ0) is 14.8. The number of sulfonamides is 1. The van der Waals surface area contributed by atoms with Crippen molar-refractivity contribution < 1.29 is 17.9 Å². The zero-order valence-corrected chi connectivity index (χ0v) is 13.3. The largest absolute Gasteiger partial charge is 0.465 e. The van der Waals surface area contributed by atoms with Gasteiger partial charge in [-0.1, -0.05) is 6.07 Å². The number of esters is 1. The van der Waals surface area contributed by atoms with Crippen molar-refractivity contribution in [1.29, 1.82) is 0 Å². The van der Waals surface area contributed by atoms with Crippen LogP contribution in [-0.2, 0) is 21.3 Å². The Bertz CT molecular complexity index is 688. The summed E-state index contributed by atoms with van der Waals surface area (Å²) in [6.07, 6.45) is 0. The van der Waals surface area contributed by atoms with E-state index in [1.165, 1.54) is 35.9 Å². The van der Waals surface area contributed by atoms with Gasteiger partial charge in [-0.25, -0.2) is 13.2 Å². The predicted octanol–water partition coefficient (Wildman–Crippen LogP) is 2.42. The summed E-state index contributed by atoms with van der Waals surface area (Å²) in [4.78, 5) is 12.6. The molecule has 0 atom stereocenters. The molecule has 0 saturated carbocycles. The number of hydrogen-bond donors (Lipinski definition) is 0. The van der Waals surface area contributed by atoms with Crippen molar-refractivity contribution in [3.63, 3.8) is 0 Å². The third-order valence-electron chi connectivity index (χ3n) is 2.65. The molecule has 2 heterocycles. The molecule has 0 saturated heterocycles. The van der Waals surface area contributed by atoms with Gasteiger partial charge in [0.05, 0.1) is 7.11 Å². The van der Waals surface area contributed by atoms with E-state index in [2.05, 4.69) is 4.74 Å². The van der Waals surface area contributed by atoms with Crippen LogP contribution >= 0.6 is 22.7 Å². The zero-order valence-electron chi connectivity index (χ0n) is 10.9. The number of nitrogens with zero attached hydrogens (tertiary/aromatic N) is 1. The molecule has 0 aliphatic carbocycles. The highest BCUT2D eigenvalue weighted by molar-refractivity contribution is 7.89. The van der Waals surface area contributed by atoms with Gasteiger partial charge in [0.1, 0.15) is 9.77 Å². The van der Waals surface area contributed by atoms with E-state index >= 15 is 0 Å². The lowest BCUT2D eigenvalue weighted by Gasteiger charge is -2.16. The lowest BCUT2D eigenvalue weighted by molar-refractivity contribution is 0.0602. The first kappa shape index (κ1) is 15.2. The molecule has 0 N–H and O–H groups in total. The maximum absolute atomic E-state index is 12.5. The Morgan fingerprint density at radius 2 is 2.05 bits per heavy atom. The number of methoxy groups -OCH3 is 1. The first-order valence-electron chi connectivity index (χ1n) is 5.61. The van der Waals surface area contributed by atoms with Crippen LogP contribution in [0.5, 0.6) is 0 Å². The number of carbonyl (C=O) groups is 1. The van der Waals surface area contributed by atoms with Crippen LogP contribution in [0.15, 0.2) is 33.9 Å². The van der Waals surface area contributed by atoms with Crippen molar-refractivity contribution in [2.75, 3.05) is 14.2 Å². The SMILES string of the molecule is COC(=O)c1sccc1S(=O)(=O)N(C)Cc1cccs1. The summed E-state index contributed by atoms with van der Waals surface area (Å²) in [6.45, 7) is 0.274. The van der Waals surface area contributed by atoms with Gasteiger partial charge < -0.3 is 4.74 Å². The first-order valence-corrected chi connectivity index (χ1v) is 8.81. The van der Waals surface area contributed by atoms with E-state index in [0.29, 0.717) is 0 Å². The van der Waals surface area contributed by atoms with Crippen LogP contribution in [0.4, 0.5) is 0 Å². The molecule has 0 aromatic carbocycles. The van der Waals surface area contributed by atoms with Gasteiger partial charge in [0.2, 0.25) is 10.0 Å². The lowest BCUT2D eigenvalue weighted by atomic mass is 10.5. The van der Waals surface area contributed by atoms with Crippen molar-refractivity contribution in [1.82, 2.24) is 4.31 Å².